The fraction of sp³-hybridized carbons (Fsp3) is 0.455. The third-order valence-electron chi connectivity index (χ3n) is 5.41. The molecule has 0 radical (unpaired) electrons. The molecular weight excluding hydrogens is 318 g/mol. The van der Waals surface area contributed by atoms with Crippen LogP contribution in [-0.4, -0.2) is 6.61 Å². The average molecular weight is 344 g/mol. The van der Waals surface area contributed by atoms with Gasteiger partial charge < -0.3 is 4.74 Å². The highest BCUT2D eigenvalue weighted by atomic mass is 19.2. The number of fused-ring (bicyclic) bond motifs is 1. The van der Waals surface area contributed by atoms with Crippen molar-refractivity contribution >= 4 is 10.8 Å². The molecule has 0 N–H and O–H groups in total. The Balaban J connectivity index is 1.81. The van der Waals surface area contributed by atoms with E-state index in [0.29, 0.717) is 23.3 Å². The zero-order valence-corrected chi connectivity index (χ0v) is 14.9. The van der Waals surface area contributed by atoms with E-state index in [9.17, 15) is 8.78 Å². The van der Waals surface area contributed by atoms with Gasteiger partial charge in [0, 0.05) is 5.39 Å². The lowest BCUT2D eigenvalue weighted by atomic mass is 9.77. The smallest absolute Gasteiger partial charge is 0.201 e. The van der Waals surface area contributed by atoms with E-state index in [4.69, 9.17) is 4.74 Å². The van der Waals surface area contributed by atoms with Gasteiger partial charge in [-0.3, -0.25) is 0 Å². The molecule has 0 saturated heterocycles. The molecule has 1 aliphatic rings. The van der Waals surface area contributed by atoms with E-state index in [0.717, 1.165) is 30.7 Å². The third-order valence-corrected chi connectivity index (χ3v) is 5.41. The van der Waals surface area contributed by atoms with Crippen LogP contribution in [0.2, 0.25) is 0 Å². The monoisotopic (exact) mass is 344 g/mol. The lowest BCUT2D eigenvalue weighted by Crippen LogP contribution is -2.13. The number of hydrogen-bond donors (Lipinski definition) is 0. The van der Waals surface area contributed by atoms with E-state index < -0.39 is 11.6 Å². The Morgan fingerprint density at radius 1 is 1.12 bits per heavy atom. The Labute approximate surface area is 148 Å². The van der Waals surface area contributed by atoms with Crippen molar-refractivity contribution < 1.29 is 13.5 Å². The molecule has 1 saturated carbocycles. The highest BCUT2D eigenvalue weighted by Gasteiger charge is 2.23. The molecule has 0 aliphatic heterocycles. The van der Waals surface area contributed by atoms with Gasteiger partial charge in [0.2, 0.25) is 5.82 Å². The minimum absolute atomic E-state index is 0.0111. The van der Waals surface area contributed by atoms with Crippen molar-refractivity contribution in [3.8, 4) is 5.75 Å². The van der Waals surface area contributed by atoms with Crippen molar-refractivity contribution in [1.82, 2.24) is 0 Å². The van der Waals surface area contributed by atoms with Gasteiger partial charge >= 0.3 is 0 Å². The number of hydrogen-bond acceptors (Lipinski definition) is 1. The maximum absolute atomic E-state index is 14.5. The lowest BCUT2D eigenvalue weighted by Gasteiger charge is -2.28. The van der Waals surface area contributed by atoms with E-state index in [-0.39, 0.29) is 5.75 Å². The second-order valence-corrected chi connectivity index (χ2v) is 7.00. The number of benzene rings is 2. The molecule has 1 fully saturated rings. The first-order valence-corrected chi connectivity index (χ1v) is 9.29. The molecule has 1 nitrogen and oxygen atoms in total. The molecule has 0 heterocycles. The van der Waals surface area contributed by atoms with Crippen LogP contribution in [0, 0.1) is 17.6 Å². The van der Waals surface area contributed by atoms with Gasteiger partial charge in [-0.05, 0) is 80.4 Å². The normalized spacial score (nSPS) is 20.6. The summed E-state index contributed by atoms with van der Waals surface area (Å²) < 4.78 is 33.8. The molecule has 0 unspecified atom stereocenters. The van der Waals surface area contributed by atoms with Crippen LogP contribution in [-0.2, 0) is 0 Å². The molecular formula is C22H26F2O. The summed E-state index contributed by atoms with van der Waals surface area (Å²) in [4.78, 5) is 0. The van der Waals surface area contributed by atoms with Crippen molar-refractivity contribution in [3.63, 3.8) is 0 Å². The fourth-order valence-corrected chi connectivity index (χ4v) is 3.97. The van der Waals surface area contributed by atoms with E-state index in [1.807, 2.05) is 18.2 Å². The first-order valence-electron chi connectivity index (χ1n) is 9.29. The van der Waals surface area contributed by atoms with Crippen molar-refractivity contribution in [3.05, 3.63) is 54.1 Å². The first kappa shape index (κ1) is 17.9. The molecule has 0 spiro atoms. The molecule has 2 aromatic carbocycles. The predicted molar refractivity (Wildman–Crippen MR) is 99.2 cm³/mol. The van der Waals surface area contributed by atoms with Crippen LogP contribution < -0.4 is 4.74 Å². The van der Waals surface area contributed by atoms with Crippen LogP contribution in [0.25, 0.3) is 10.8 Å². The molecule has 2 aromatic rings. The zero-order valence-electron chi connectivity index (χ0n) is 14.9. The quantitative estimate of drug-likeness (QED) is 0.526. The second kappa shape index (κ2) is 7.99. The second-order valence-electron chi connectivity index (χ2n) is 7.00. The van der Waals surface area contributed by atoms with Gasteiger partial charge in [-0.15, -0.1) is 6.58 Å². The van der Waals surface area contributed by atoms with Gasteiger partial charge in [-0.25, -0.2) is 4.39 Å². The summed E-state index contributed by atoms with van der Waals surface area (Å²) >= 11 is 0. The Hall–Kier alpha value is -1.90. The van der Waals surface area contributed by atoms with E-state index >= 15 is 0 Å². The summed E-state index contributed by atoms with van der Waals surface area (Å²) in [5.74, 6) is -0.485. The Kier molecular flexibility index (Phi) is 5.72. The van der Waals surface area contributed by atoms with Crippen molar-refractivity contribution in [1.29, 1.82) is 0 Å². The summed E-state index contributed by atoms with van der Waals surface area (Å²) in [5.41, 5.74) is 1.12. The van der Waals surface area contributed by atoms with Gasteiger partial charge in [-0.2, -0.15) is 4.39 Å². The maximum atomic E-state index is 14.5. The predicted octanol–water partition coefficient (Wildman–Crippen LogP) is 6.76. The van der Waals surface area contributed by atoms with E-state index in [1.54, 1.807) is 13.0 Å². The van der Waals surface area contributed by atoms with Crippen LogP contribution in [0.4, 0.5) is 8.78 Å². The van der Waals surface area contributed by atoms with Crippen LogP contribution in [0.1, 0.15) is 56.9 Å². The zero-order chi connectivity index (χ0) is 17.8. The Bertz CT molecular complexity index is 745. The summed E-state index contributed by atoms with van der Waals surface area (Å²) in [6.45, 7) is 5.87. The van der Waals surface area contributed by atoms with Crippen LogP contribution in [0.3, 0.4) is 0 Å². The maximum Gasteiger partial charge on any atom is 0.201 e. The first-order chi connectivity index (χ1) is 12.1. The molecule has 1 aliphatic carbocycles. The summed E-state index contributed by atoms with van der Waals surface area (Å²) in [5, 5.41) is 1.04. The molecule has 25 heavy (non-hydrogen) atoms. The number of ether oxygens (including phenoxy) is 1. The largest absolute Gasteiger partial charge is 0.491 e. The standard InChI is InChI=1S/C22H26F2O/c1-3-5-6-15-7-9-16(10-8-15)17-11-12-18-14-20(25-4-2)22(24)21(23)19(18)13-17/h3,11-16H,1,4-10H2,2H3. The Morgan fingerprint density at radius 3 is 2.56 bits per heavy atom. The fourth-order valence-electron chi connectivity index (χ4n) is 3.97. The topological polar surface area (TPSA) is 9.23 Å². The minimum atomic E-state index is -0.889. The van der Waals surface area contributed by atoms with Crippen LogP contribution >= 0.6 is 0 Å². The third kappa shape index (κ3) is 3.86. The highest BCUT2D eigenvalue weighted by molar-refractivity contribution is 5.85. The highest BCUT2D eigenvalue weighted by Crippen LogP contribution is 2.39. The van der Waals surface area contributed by atoms with Crippen LogP contribution in [0.15, 0.2) is 36.9 Å². The van der Waals surface area contributed by atoms with Gasteiger partial charge in [0.05, 0.1) is 6.61 Å². The van der Waals surface area contributed by atoms with E-state index in [2.05, 4.69) is 12.6 Å². The van der Waals surface area contributed by atoms with Gasteiger partial charge in [0.25, 0.3) is 0 Å². The molecule has 0 bridgehead atoms. The lowest BCUT2D eigenvalue weighted by molar-refractivity contribution is 0.312. The van der Waals surface area contributed by atoms with Crippen molar-refractivity contribution in [2.75, 3.05) is 6.61 Å². The molecule has 3 heteroatoms. The number of allylic oxidation sites excluding steroid dienone is 1. The molecule has 134 valence electrons. The summed E-state index contributed by atoms with van der Waals surface area (Å²) in [6.07, 6.45) is 8.94. The van der Waals surface area contributed by atoms with Crippen molar-refractivity contribution in [2.45, 2.75) is 51.4 Å². The number of rotatable bonds is 6. The minimum Gasteiger partial charge on any atom is -0.491 e. The molecule has 0 aromatic heterocycles. The summed E-state index contributed by atoms with van der Waals surface area (Å²) in [6, 6.07) is 7.37. The van der Waals surface area contributed by atoms with Crippen molar-refractivity contribution in [2.24, 2.45) is 5.92 Å². The van der Waals surface area contributed by atoms with Gasteiger partial charge in [0.15, 0.2) is 11.6 Å². The molecule has 0 atom stereocenters. The average Bonchev–Trinajstić information content (AvgIpc) is 2.64. The molecule has 3 rings (SSSR count). The van der Waals surface area contributed by atoms with Crippen LogP contribution in [0.5, 0.6) is 5.75 Å². The Morgan fingerprint density at radius 2 is 1.88 bits per heavy atom. The molecule has 0 amide bonds. The summed E-state index contributed by atoms with van der Waals surface area (Å²) in [7, 11) is 0. The SMILES string of the molecule is C=CCCC1CCC(c2ccc3cc(OCC)c(F)c(F)c3c2)CC1. The van der Waals surface area contributed by atoms with Gasteiger partial charge in [0.1, 0.15) is 0 Å². The number of halogens is 2. The van der Waals surface area contributed by atoms with E-state index in [1.165, 1.54) is 19.3 Å². The van der Waals surface area contributed by atoms with Gasteiger partial charge in [-0.1, -0.05) is 18.2 Å².